The van der Waals surface area contributed by atoms with Crippen LogP contribution in [0.2, 0.25) is 0 Å². The lowest BCUT2D eigenvalue weighted by atomic mass is 10.1. The number of nitrogens with zero attached hydrogens (tertiary/aromatic N) is 2. The zero-order valence-electron chi connectivity index (χ0n) is 19.3. The molecule has 6 nitrogen and oxygen atoms in total. The Balaban J connectivity index is 1.27. The van der Waals surface area contributed by atoms with Crippen LogP contribution in [-0.2, 0) is 9.84 Å². The molecule has 7 heteroatoms. The molecule has 0 atom stereocenters. The molecule has 2 fully saturated rings. The molecule has 2 aromatic rings. The van der Waals surface area contributed by atoms with Gasteiger partial charge in [0.05, 0.1) is 9.79 Å². The van der Waals surface area contributed by atoms with Crippen molar-refractivity contribution in [3.63, 3.8) is 0 Å². The van der Waals surface area contributed by atoms with E-state index in [1.54, 1.807) is 24.3 Å². The Morgan fingerprint density at radius 3 is 1.48 bits per heavy atom. The number of piperidine rings is 2. The van der Waals surface area contributed by atoms with Crippen molar-refractivity contribution < 1.29 is 17.9 Å². The van der Waals surface area contributed by atoms with Crippen molar-refractivity contribution >= 4 is 9.84 Å². The van der Waals surface area contributed by atoms with E-state index in [0.717, 1.165) is 39.3 Å². The average molecular weight is 471 g/mol. The number of hydrogen-bond donors (Lipinski definition) is 0. The number of likely N-dealkylation sites (tertiary alicyclic amines) is 2. The number of fused-ring (bicyclic) bond motifs is 3. The minimum Gasteiger partial charge on any atom is -0.492 e. The van der Waals surface area contributed by atoms with Crippen molar-refractivity contribution in [2.24, 2.45) is 0 Å². The molecule has 0 aliphatic carbocycles. The van der Waals surface area contributed by atoms with E-state index in [4.69, 9.17) is 9.47 Å². The first-order valence-electron chi connectivity index (χ1n) is 12.4. The predicted octanol–water partition coefficient (Wildman–Crippen LogP) is 4.23. The molecule has 178 valence electrons. The van der Waals surface area contributed by atoms with Crippen molar-refractivity contribution in [1.82, 2.24) is 9.80 Å². The fourth-order valence-corrected chi connectivity index (χ4v) is 6.81. The maximum Gasteiger partial charge on any atom is 0.207 e. The second-order valence-electron chi connectivity index (χ2n) is 9.32. The topological polar surface area (TPSA) is 59.1 Å². The minimum atomic E-state index is -3.50. The zero-order chi connectivity index (χ0) is 22.7. The third-order valence-electron chi connectivity index (χ3n) is 7.02. The van der Waals surface area contributed by atoms with Gasteiger partial charge in [-0.25, -0.2) is 8.42 Å². The average Bonchev–Trinajstić information content (AvgIpc) is 3.06. The van der Waals surface area contributed by atoms with Crippen LogP contribution in [0.3, 0.4) is 0 Å². The van der Waals surface area contributed by atoms with Crippen LogP contribution in [-0.4, -0.2) is 70.7 Å². The summed E-state index contributed by atoms with van der Waals surface area (Å²) in [5, 5.41) is 0. The Morgan fingerprint density at radius 2 is 1.06 bits per heavy atom. The van der Waals surface area contributed by atoms with E-state index in [1.807, 2.05) is 12.1 Å². The van der Waals surface area contributed by atoms with Gasteiger partial charge in [0, 0.05) is 24.2 Å². The van der Waals surface area contributed by atoms with Crippen LogP contribution >= 0.6 is 0 Å². The smallest absolute Gasteiger partial charge is 0.207 e. The maximum absolute atomic E-state index is 13.0. The van der Waals surface area contributed by atoms with Gasteiger partial charge in [-0.3, -0.25) is 9.80 Å². The summed E-state index contributed by atoms with van der Waals surface area (Å²) in [4.78, 5) is 5.58. The van der Waals surface area contributed by atoms with Crippen molar-refractivity contribution in [2.45, 2.75) is 48.3 Å². The molecular formula is C26H34N2O4S. The maximum atomic E-state index is 13.0. The van der Waals surface area contributed by atoms with E-state index in [2.05, 4.69) is 9.80 Å². The van der Waals surface area contributed by atoms with Crippen molar-refractivity contribution in [2.75, 3.05) is 52.5 Å². The lowest BCUT2D eigenvalue weighted by Crippen LogP contribution is -2.33. The summed E-state index contributed by atoms with van der Waals surface area (Å²) in [6, 6.07) is 10.6. The molecule has 0 N–H and O–H groups in total. The fraction of sp³-hybridized carbons (Fsp3) is 0.538. The molecule has 0 aromatic heterocycles. The molecule has 33 heavy (non-hydrogen) atoms. The third kappa shape index (κ3) is 5.05. The van der Waals surface area contributed by atoms with Crippen molar-refractivity contribution in [3.05, 3.63) is 36.4 Å². The second kappa shape index (κ2) is 10.0. The number of ether oxygens (including phenoxy) is 2. The second-order valence-corrected chi connectivity index (χ2v) is 11.2. The summed E-state index contributed by atoms with van der Waals surface area (Å²) in [7, 11) is -3.50. The highest BCUT2D eigenvalue weighted by Gasteiger charge is 2.33. The van der Waals surface area contributed by atoms with E-state index >= 15 is 0 Å². The molecule has 0 unspecified atom stereocenters. The Bertz CT molecular complexity index is 994. The lowest BCUT2D eigenvalue weighted by molar-refractivity contribution is 0.183. The van der Waals surface area contributed by atoms with E-state index in [-0.39, 0.29) is 0 Å². The third-order valence-corrected chi connectivity index (χ3v) is 8.89. The van der Waals surface area contributed by atoms with Gasteiger partial charge in [-0.1, -0.05) is 12.8 Å². The highest BCUT2D eigenvalue weighted by Crippen LogP contribution is 2.45. The van der Waals surface area contributed by atoms with Gasteiger partial charge < -0.3 is 9.47 Å². The summed E-state index contributed by atoms with van der Waals surface area (Å²) < 4.78 is 38.1. The first-order chi connectivity index (χ1) is 16.1. The van der Waals surface area contributed by atoms with Crippen molar-refractivity contribution in [3.8, 4) is 22.6 Å². The highest BCUT2D eigenvalue weighted by molar-refractivity contribution is 7.92. The molecule has 3 aliphatic rings. The highest BCUT2D eigenvalue weighted by atomic mass is 32.2. The van der Waals surface area contributed by atoms with E-state index in [9.17, 15) is 8.42 Å². The predicted molar refractivity (Wildman–Crippen MR) is 129 cm³/mol. The summed E-state index contributed by atoms with van der Waals surface area (Å²) in [5.74, 6) is 1.43. The SMILES string of the molecule is O=S1(=O)c2ccc(OCCN3CCCCC3)cc2-c2cc(OCCN3CCCCC3)ccc21. The Labute approximate surface area is 197 Å². The summed E-state index contributed by atoms with van der Waals surface area (Å²) in [6.07, 6.45) is 7.68. The number of rotatable bonds is 8. The number of benzene rings is 2. The van der Waals surface area contributed by atoms with Crippen LogP contribution in [0.25, 0.3) is 11.1 Å². The fourth-order valence-electron chi connectivity index (χ4n) is 5.16. The summed E-state index contributed by atoms with van der Waals surface area (Å²) >= 11 is 0. The van der Waals surface area contributed by atoms with Gasteiger partial charge in [-0.2, -0.15) is 0 Å². The zero-order valence-corrected chi connectivity index (χ0v) is 20.1. The normalized spacial score (nSPS) is 20.2. The Kier molecular flexibility index (Phi) is 6.90. The van der Waals surface area contributed by atoms with Gasteiger partial charge in [-0.15, -0.1) is 0 Å². The standard InChI is InChI=1S/C26H34N2O4S/c29-33(30)25-9-7-21(31-17-15-27-11-3-1-4-12-27)19-23(25)24-20-22(8-10-26(24)33)32-18-16-28-13-5-2-6-14-28/h7-10,19-20H,1-6,11-18H2. The number of sulfone groups is 1. The van der Waals surface area contributed by atoms with E-state index in [1.165, 1.54) is 38.5 Å². The van der Waals surface area contributed by atoms with Gasteiger partial charge in [0.1, 0.15) is 24.7 Å². The van der Waals surface area contributed by atoms with Crippen LogP contribution in [0.15, 0.2) is 46.2 Å². The molecule has 0 spiro atoms. The molecule has 5 rings (SSSR count). The van der Waals surface area contributed by atoms with Crippen LogP contribution in [0.5, 0.6) is 11.5 Å². The molecule has 0 bridgehead atoms. The quantitative estimate of drug-likeness (QED) is 0.491. The minimum absolute atomic E-state index is 0.353. The first kappa shape index (κ1) is 22.7. The number of hydrogen-bond acceptors (Lipinski definition) is 6. The van der Waals surface area contributed by atoms with E-state index < -0.39 is 9.84 Å². The Morgan fingerprint density at radius 1 is 0.636 bits per heavy atom. The molecule has 2 saturated heterocycles. The molecular weight excluding hydrogens is 436 g/mol. The van der Waals surface area contributed by atoms with Crippen LogP contribution < -0.4 is 9.47 Å². The van der Waals surface area contributed by atoms with Crippen LogP contribution in [0.1, 0.15) is 38.5 Å². The van der Waals surface area contributed by atoms with Gasteiger partial charge >= 0.3 is 0 Å². The van der Waals surface area contributed by atoms with Gasteiger partial charge in [0.25, 0.3) is 0 Å². The Hall–Kier alpha value is -2.09. The van der Waals surface area contributed by atoms with Crippen LogP contribution in [0.4, 0.5) is 0 Å². The van der Waals surface area contributed by atoms with Gasteiger partial charge in [0.15, 0.2) is 0 Å². The first-order valence-corrected chi connectivity index (χ1v) is 13.8. The molecule has 3 aliphatic heterocycles. The molecule has 3 heterocycles. The molecule has 2 aromatic carbocycles. The molecule has 0 amide bonds. The lowest BCUT2D eigenvalue weighted by Gasteiger charge is -2.26. The summed E-state index contributed by atoms with van der Waals surface area (Å²) in [5.41, 5.74) is 1.42. The summed E-state index contributed by atoms with van der Waals surface area (Å²) in [6.45, 7) is 7.58. The van der Waals surface area contributed by atoms with Crippen molar-refractivity contribution in [1.29, 1.82) is 0 Å². The van der Waals surface area contributed by atoms with Crippen LogP contribution in [0, 0.1) is 0 Å². The van der Waals surface area contributed by atoms with E-state index in [0.29, 0.717) is 45.6 Å². The van der Waals surface area contributed by atoms with Gasteiger partial charge in [-0.05, 0) is 88.3 Å². The molecule has 0 radical (unpaired) electrons. The van der Waals surface area contributed by atoms with Gasteiger partial charge in [0.2, 0.25) is 9.84 Å². The molecule has 0 saturated carbocycles. The monoisotopic (exact) mass is 470 g/mol. The largest absolute Gasteiger partial charge is 0.492 e.